The van der Waals surface area contributed by atoms with E-state index < -0.39 is 14.8 Å². The third-order valence-electron chi connectivity index (χ3n) is 3.60. The van der Waals surface area contributed by atoms with Crippen LogP contribution in [0.1, 0.15) is 12.0 Å². The van der Waals surface area contributed by atoms with Crippen LogP contribution in [0.3, 0.4) is 0 Å². The normalized spacial score (nSPS) is 20.1. The Hall–Kier alpha value is -2.22. The summed E-state index contributed by atoms with van der Waals surface area (Å²) in [5.41, 5.74) is 0.486. The van der Waals surface area contributed by atoms with Gasteiger partial charge in [0.2, 0.25) is 5.91 Å². The van der Waals surface area contributed by atoms with Crippen LogP contribution in [0.5, 0.6) is 0 Å². The smallest absolute Gasteiger partial charge is 0.270 e. The van der Waals surface area contributed by atoms with Crippen LogP contribution in [-0.2, 0) is 14.6 Å². The van der Waals surface area contributed by atoms with Crippen molar-refractivity contribution in [1.29, 1.82) is 0 Å². The molecule has 0 aromatic heterocycles. The maximum atomic E-state index is 12.0. The quantitative estimate of drug-likeness (QED) is 0.472. The van der Waals surface area contributed by atoms with Gasteiger partial charge in [0.1, 0.15) is 0 Å². The highest BCUT2D eigenvalue weighted by Crippen LogP contribution is 2.18. The average molecular weight is 324 g/mol. The molecule has 8 heteroatoms. The molecule has 0 unspecified atom stereocenters. The molecule has 22 heavy (non-hydrogen) atoms. The van der Waals surface area contributed by atoms with Crippen LogP contribution in [-0.4, -0.2) is 48.7 Å². The first-order valence-electron chi connectivity index (χ1n) is 6.68. The lowest BCUT2D eigenvalue weighted by molar-refractivity contribution is -0.384. The Balaban J connectivity index is 2.05. The van der Waals surface area contributed by atoms with Crippen molar-refractivity contribution in [3.8, 4) is 0 Å². The van der Waals surface area contributed by atoms with Crippen LogP contribution < -0.4 is 0 Å². The fourth-order valence-corrected chi connectivity index (χ4v) is 4.06. The van der Waals surface area contributed by atoms with E-state index in [1.807, 2.05) is 0 Å². The Labute approximate surface area is 128 Å². The van der Waals surface area contributed by atoms with Crippen molar-refractivity contribution in [2.24, 2.45) is 0 Å². The van der Waals surface area contributed by atoms with E-state index in [4.69, 9.17) is 0 Å². The summed E-state index contributed by atoms with van der Waals surface area (Å²) in [6.45, 7) is 0. The summed E-state index contributed by atoms with van der Waals surface area (Å²) in [5.74, 6) is -0.238. The minimum atomic E-state index is -3.05. The molecule has 1 aliphatic rings. The Morgan fingerprint density at radius 2 is 2.18 bits per heavy atom. The summed E-state index contributed by atoms with van der Waals surface area (Å²) < 4.78 is 22.9. The topological polar surface area (TPSA) is 97.6 Å². The molecule has 0 saturated carbocycles. The van der Waals surface area contributed by atoms with Crippen molar-refractivity contribution in [1.82, 2.24) is 4.90 Å². The van der Waals surface area contributed by atoms with Crippen molar-refractivity contribution in [3.63, 3.8) is 0 Å². The molecular formula is C14H16N2O5S. The first-order valence-corrected chi connectivity index (χ1v) is 8.50. The van der Waals surface area contributed by atoms with E-state index in [2.05, 4.69) is 0 Å². The molecule has 7 nitrogen and oxygen atoms in total. The van der Waals surface area contributed by atoms with Crippen LogP contribution in [0, 0.1) is 10.1 Å². The van der Waals surface area contributed by atoms with E-state index in [9.17, 15) is 23.3 Å². The van der Waals surface area contributed by atoms with Crippen molar-refractivity contribution >= 4 is 27.5 Å². The van der Waals surface area contributed by atoms with Gasteiger partial charge in [-0.15, -0.1) is 0 Å². The van der Waals surface area contributed by atoms with Gasteiger partial charge in [0, 0.05) is 31.3 Å². The third-order valence-corrected chi connectivity index (χ3v) is 5.35. The van der Waals surface area contributed by atoms with Gasteiger partial charge in [-0.05, 0) is 18.1 Å². The van der Waals surface area contributed by atoms with Crippen molar-refractivity contribution in [2.45, 2.75) is 12.5 Å². The van der Waals surface area contributed by atoms with Crippen LogP contribution in [0.25, 0.3) is 6.08 Å². The number of amides is 1. The van der Waals surface area contributed by atoms with Crippen molar-refractivity contribution < 1.29 is 18.1 Å². The molecule has 1 amide bonds. The highest BCUT2D eigenvalue weighted by Gasteiger charge is 2.31. The van der Waals surface area contributed by atoms with Gasteiger partial charge >= 0.3 is 0 Å². The lowest BCUT2D eigenvalue weighted by atomic mass is 10.2. The molecule has 1 aromatic carbocycles. The molecule has 1 fully saturated rings. The van der Waals surface area contributed by atoms with Crippen LogP contribution in [0.2, 0.25) is 0 Å². The van der Waals surface area contributed by atoms with E-state index in [1.54, 1.807) is 13.1 Å². The summed E-state index contributed by atoms with van der Waals surface area (Å²) in [7, 11) is -1.49. The minimum absolute atomic E-state index is 0.0140. The lowest BCUT2D eigenvalue weighted by Gasteiger charge is -2.21. The lowest BCUT2D eigenvalue weighted by Crippen LogP contribution is -2.36. The first-order chi connectivity index (χ1) is 10.3. The predicted molar refractivity (Wildman–Crippen MR) is 82.0 cm³/mol. The average Bonchev–Trinajstić information content (AvgIpc) is 2.84. The maximum Gasteiger partial charge on any atom is 0.270 e. The number of non-ortho nitro benzene ring substituents is 1. The largest absolute Gasteiger partial charge is 0.338 e. The highest BCUT2D eigenvalue weighted by molar-refractivity contribution is 7.91. The Morgan fingerprint density at radius 1 is 1.45 bits per heavy atom. The zero-order valence-electron chi connectivity index (χ0n) is 12.0. The molecule has 2 rings (SSSR count). The molecule has 1 saturated heterocycles. The molecular weight excluding hydrogens is 308 g/mol. The second-order valence-corrected chi connectivity index (χ2v) is 7.42. The molecule has 0 N–H and O–H groups in total. The summed E-state index contributed by atoms with van der Waals surface area (Å²) >= 11 is 0. The third kappa shape index (κ3) is 3.91. The van der Waals surface area contributed by atoms with Crippen LogP contribution >= 0.6 is 0 Å². The number of carbonyl (C=O) groups is 1. The van der Waals surface area contributed by atoms with E-state index in [-0.39, 0.29) is 29.1 Å². The van der Waals surface area contributed by atoms with E-state index >= 15 is 0 Å². The van der Waals surface area contributed by atoms with Gasteiger partial charge in [-0.25, -0.2) is 8.42 Å². The SMILES string of the molecule is CN(C(=O)/C=C/c1cccc([N+](=O)[O-])c1)[C@@H]1CCS(=O)(=O)C1. The number of benzene rings is 1. The Morgan fingerprint density at radius 3 is 2.77 bits per heavy atom. The van der Waals surface area contributed by atoms with E-state index in [0.29, 0.717) is 12.0 Å². The number of nitro groups is 1. The second-order valence-electron chi connectivity index (χ2n) is 5.19. The zero-order chi connectivity index (χ0) is 16.3. The van der Waals surface area contributed by atoms with Gasteiger partial charge in [0.05, 0.1) is 16.4 Å². The molecule has 1 aliphatic heterocycles. The van der Waals surface area contributed by atoms with Crippen molar-refractivity contribution in [2.75, 3.05) is 18.6 Å². The molecule has 0 radical (unpaired) electrons. The van der Waals surface area contributed by atoms with Crippen molar-refractivity contribution in [3.05, 3.63) is 46.0 Å². The number of hydrogen-bond acceptors (Lipinski definition) is 5. The number of nitrogens with zero attached hydrogens (tertiary/aromatic N) is 2. The van der Waals surface area contributed by atoms with Gasteiger partial charge in [0.25, 0.3) is 5.69 Å². The van der Waals surface area contributed by atoms with E-state index in [0.717, 1.165) is 0 Å². The zero-order valence-corrected chi connectivity index (χ0v) is 12.8. The number of likely N-dealkylation sites (N-methyl/N-ethyl adjacent to an activating group) is 1. The summed E-state index contributed by atoms with van der Waals surface area (Å²) in [6.07, 6.45) is 3.22. The number of carbonyl (C=O) groups excluding carboxylic acids is 1. The number of sulfone groups is 1. The number of nitro benzene ring substituents is 1. The van der Waals surface area contributed by atoms with Gasteiger partial charge < -0.3 is 4.90 Å². The molecule has 0 spiro atoms. The Kier molecular flexibility index (Phi) is 4.60. The summed E-state index contributed by atoms with van der Waals surface area (Å²) in [4.78, 5) is 23.6. The second kappa shape index (κ2) is 6.27. The molecule has 1 heterocycles. The standard InChI is InChI=1S/C14H16N2O5S/c1-15(13-7-8-22(20,21)10-13)14(17)6-5-11-3-2-4-12(9-11)16(18)19/h2-6,9,13H,7-8,10H2,1H3/b6-5+/t13-/m1/s1. The molecule has 1 aromatic rings. The van der Waals surface area contributed by atoms with Crippen LogP contribution in [0.4, 0.5) is 5.69 Å². The van der Waals surface area contributed by atoms with Crippen LogP contribution in [0.15, 0.2) is 30.3 Å². The maximum absolute atomic E-state index is 12.0. The number of hydrogen-bond donors (Lipinski definition) is 0. The van der Waals surface area contributed by atoms with E-state index in [1.165, 1.54) is 35.3 Å². The predicted octanol–water partition coefficient (Wildman–Crippen LogP) is 1.25. The number of rotatable bonds is 4. The Bertz CT molecular complexity index is 727. The van der Waals surface area contributed by atoms with Gasteiger partial charge in [-0.2, -0.15) is 0 Å². The van der Waals surface area contributed by atoms with Gasteiger partial charge in [-0.1, -0.05) is 12.1 Å². The summed E-state index contributed by atoms with van der Waals surface area (Å²) in [5, 5.41) is 10.7. The molecule has 118 valence electrons. The fraction of sp³-hybridized carbons (Fsp3) is 0.357. The fourth-order valence-electron chi connectivity index (χ4n) is 2.29. The highest BCUT2D eigenvalue weighted by atomic mass is 32.2. The first kappa shape index (κ1) is 16.2. The molecule has 0 bridgehead atoms. The molecule has 0 aliphatic carbocycles. The summed E-state index contributed by atoms with van der Waals surface area (Å²) in [6, 6.07) is 5.61. The minimum Gasteiger partial charge on any atom is -0.338 e. The van der Waals surface area contributed by atoms with Gasteiger partial charge in [0.15, 0.2) is 9.84 Å². The van der Waals surface area contributed by atoms with Gasteiger partial charge in [-0.3, -0.25) is 14.9 Å². The monoisotopic (exact) mass is 324 g/mol. The molecule has 1 atom stereocenters.